The Labute approximate surface area is 118 Å². The molecule has 2 N–H and O–H groups in total. The van der Waals surface area contributed by atoms with Crippen molar-refractivity contribution in [3.05, 3.63) is 59.7 Å². The van der Waals surface area contributed by atoms with Crippen molar-refractivity contribution >= 4 is 0 Å². The first kappa shape index (κ1) is 14.5. The number of hydrogen-bond acceptors (Lipinski definition) is 3. The molecule has 1 heterocycles. The molecule has 4 heteroatoms. The molecule has 0 spiro atoms. The molecule has 0 saturated heterocycles. The van der Waals surface area contributed by atoms with E-state index in [1.165, 1.54) is 12.3 Å². The normalized spacial score (nSPS) is 12.3. The van der Waals surface area contributed by atoms with Gasteiger partial charge >= 0.3 is 0 Å². The lowest BCUT2D eigenvalue weighted by Crippen LogP contribution is -2.25. The number of hydrogen-bond donors (Lipinski definition) is 2. The number of rotatable bonds is 6. The second-order valence-corrected chi connectivity index (χ2v) is 4.78. The van der Waals surface area contributed by atoms with Crippen LogP contribution in [-0.4, -0.2) is 16.6 Å². The summed E-state index contributed by atoms with van der Waals surface area (Å²) in [5.41, 5.74) is 1.83. The predicted octanol–water partition coefficient (Wildman–Crippen LogP) is 3.21. The lowest BCUT2D eigenvalue weighted by molar-refractivity contribution is 0.472. The van der Waals surface area contributed by atoms with Crippen LogP contribution in [0.1, 0.15) is 30.6 Å². The van der Waals surface area contributed by atoms with Gasteiger partial charge in [0.1, 0.15) is 11.6 Å². The Hall–Kier alpha value is -1.94. The fraction of sp³-hybridized carbons (Fsp3) is 0.312. The highest BCUT2D eigenvalue weighted by atomic mass is 19.1. The molecule has 1 aromatic heterocycles. The first-order chi connectivity index (χ1) is 9.69. The molecule has 0 aliphatic carbocycles. The average Bonchev–Trinajstić information content (AvgIpc) is 2.44. The molecule has 1 aromatic carbocycles. The number of pyridine rings is 1. The molecule has 0 aliphatic rings. The zero-order chi connectivity index (χ0) is 14.4. The van der Waals surface area contributed by atoms with E-state index in [4.69, 9.17) is 0 Å². The molecule has 106 valence electrons. The van der Waals surface area contributed by atoms with Gasteiger partial charge in [-0.15, -0.1) is 0 Å². The van der Waals surface area contributed by atoms with Gasteiger partial charge in [-0.2, -0.15) is 0 Å². The van der Waals surface area contributed by atoms with Gasteiger partial charge in [-0.3, -0.25) is 4.98 Å². The molecule has 0 bridgehead atoms. The summed E-state index contributed by atoms with van der Waals surface area (Å²) in [5, 5.41) is 12.9. The number of aromatic hydroxyl groups is 1. The molecule has 2 aromatic rings. The van der Waals surface area contributed by atoms with Crippen LogP contribution >= 0.6 is 0 Å². The summed E-state index contributed by atoms with van der Waals surface area (Å²) in [4.78, 5) is 4.15. The maximum absolute atomic E-state index is 13.0. The maximum Gasteiger partial charge on any atom is 0.141 e. The third-order valence-electron chi connectivity index (χ3n) is 3.10. The third kappa shape index (κ3) is 4.03. The summed E-state index contributed by atoms with van der Waals surface area (Å²) >= 11 is 0. The number of phenolic OH excluding ortho intramolecular Hbond substituents is 1. The average molecular weight is 274 g/mol. The van der Waals surface area contributed by atoms with Crippen LogP contribution < -0.4 is 5.32 Å². The fourth-order valence-electron chi connectivity index (χ4n) is 2.11. The summed E-state index contributed by atoms with van der Waals surface area (Å²) in [5.74, 6) is -0.0795. The van der Waals surface area contributed by atoms with Crippen LogP contribution in [0.4, 0.5) is 4.39 Å². The Morgan fingerprint density at radius 2 is 2.15 bits per heavy atom. The molecule has 2 rings (SSSR count). The van der Waals surface area contributed by atoms with Crippen molar-refractivity contribution in [2.45, 2.75) is 25.8 Å². The summed E-state index contributed by atoms with van der Waals surface area (Å²) in [6, 6.07) is 10.3. The molecule has 0 amide bonds. The number of aromatic nitrogens is 1. The molecule has 0 aliphatic heterocycles. The Kier molecular flexibility index (Phi) is 5.07. The van der Waals surface area contributed by atoms with Crippen LogP contribution in [0.25, 0.3) is 0 Å². The minimum atomic E-state index is -0.333. The number of halogens is 1. The zero-order valence-electron chi connectivity index (χ0n) is 11.5. The van der Waals surface area contributed by atoms with E-state index in [1.807, 2.05) is 12.1 Å². The fourth-order valence-corrected chi connectivity index (χ4v) is 2.11. The van der Waals surface area contributed by atoms with Gasteiger partial charge in [0.25, 0.3) is 0 Å². The number of nitrogens with zero attached hydrogens (tertiary/aromatic N) is 1. The minimum absolute atomic E-state index is 0.0114. The first-order valence-corrected chi connectivity index (χ1v) is 6.81. The summed E-state index contributed by atoms with van der Waals surface area (Å²) in [6.45, 7) is 2.96. The molecule has 3 nitrogen and oxygen atoms in total. The highest BCUT2D eigenvalue weighted by molar-refractivity contribution is 5.28. The molecule has 1 atom stereocenters. The topological polar surface area (TPSA) is 45.1 Å². The predicted molar refractivity (Wildman–Crippen MR) is 77.0 cm³/mol. The highest BCUT2D eigenvalue weighted by Crippen LogP contribution is 2.19. The van der Waals surface area contributed by atoms with Gasteiger partial charge < -0.3 is 10.4 Å². The Morgan fingerprint density at radius 1 is 1.30 bits per heavy atom. The van der Waals surface area contributed by atoms with E-state index in [-0.39, 0.29) is 17.6 Å². The summed E-state index contributed by atoms with van der Waals surface area (Å²) in [7, 11) is 0. The summed E-state index contributed by atoms with van der Waals surface area (Å²) < 4.78 is 13.0. The van der Waals surface area contributed by atoms with Gasteiger partial charge in [0.2, 0.25) is 0 Å². The molecule has 0 fully saturated rings. The second-order valence-electron chi connectivity index (χ2n) is 4.78. The van der Waals surface area contributed by atoms with E-state index in [0.29, 0.717) is 6.42 Å². The van der Waals surface area contributed by atoms with Crippen LogP contribution in [0.15, 0.2) is 42.6 Å². The van der Waals surface area contributed by atoms with Crippen molar-refractivity contribution in [2.24, 2.45) is 0 Å². The quantitative estimate of drug-likeness (QED) is 0.850. The van der Waals surface area contributed by atoms with E-state index in [0.717, 1.165) is 24.2 Å². The van der Waals surface area contributed by atoms with Crippen molar-refractivity contribution in [1.82, 2.24) is 10.3 Å². The van der Waals surface area contributed by atoms with Gasteiger partial charge in [0.05, 0.1) is 17.9 Å². The molecule has 20 heavy (non-hydrogen) atoms. The monoisotopic (exact) mass is 274 g/mol. The Bertz CT molecular complexity index is 542. The lowest BCUT2D eigenvalue weighted by Gasteiger charge is -2.18. The molecular formula is C16H19FN2O. The van der Waals surface area contributed by atoms with Gasteiger partial charge in [0.15, 0.2) is 0 Å². The highest BCUT2D eigenvalue weighted by Gasteiger charge is 2.13. The number of nitrogens with one attached hydrogen (secondary N) is 1. The van der Waals surface area contributed by atoms with E-state index < -0.39 is 0 Å². The van der Waals surface area contributed by atoms with Crippen molar-refractivity contribution in [3.8, 4) is 5.75 Å². The lowest BCUT2D eigenvalue weighted by atomic mass is 10.0. The molecular weight excluding hydrogens is 255 g/mol. The van der Waals surface area contributed by atoms with Crippen molar-refractivity contribution in [3.63, 3.8) is 0 Å². The second kappa shape index (κ2) is 7.01. The van der Waals surface area contributed by atoms with Crippen molar-refractivity contribution < 1.29 is 9.50 Å². The van der Waals surface area contributed by atoms with Crippen LogP contribution in [0.3, 0.4) is 0 Å². The Balaban J connectivity index is 2.16. The van der Waals surface area contributed by atoms with E-state index in [1.54, 1.807) is 18.2 Å². The smallest absolute Gasteiger partial charge is 0.141 e. The van der Waals surface area contributed by atoms with Gasteiger partial charge in [-0.1, -0.05) is 19.1 Å². The van der Waals surface area contributed by atoms with Crippen LogP contribution in [-0.2, 0) is 6.42 Å². The minimum Gasteiger partial charge on any atom is -0.508 e. The van der Waals surface area contributed by atoms with Crippen LogP contribution in [0.5, 0.6) is 5.75 Å². The Morgan fingerprint density at radius 3 is 2.80 bits per heavy atom. The van der Waals surface area contributed by atoms with Gasteiger partial charge in [0, 0.05) is 0 Å². The van der Waals surface area contributed by atoms with Gasteiger partial charge in [-0.25, -0.2) is 4.39 Å². The van der Waals surface area contributed by atoms with Crippen molar-refractivity contribution in [2.75, 3.05) is 6.54 Å². The SMILES string of the molecule is CCCNC(Cc1cccc(O)c1)c1ccc(F)cn1. The van der Waals surface area contributed by atoms with E-state index >= 15 is 0 Å². The standard InChI is InChI=1S/C16H19FN2O/c1-2-8-18-16(15-7-6-13(17)11-19-15)10-12-4-3-5-14(20)9-12/h3-7,9,11,16,18,20H,2,8,10H2,1H3. The zero-order valence-corrected chi connectivity index (χ0v) is 11.5. The van der Waals surface area contributed by atoms with Crippen LogP contribution in [0.2, 0.25) is 0 Å². The largest absolute Gasteiger partial charge is 0.508 e. The van der Waals surface area contributed by atoms with E-state index in [9.17, 15) is 9.50 Å². The van der Waals surface area contributed by atoms with Crippen LogP contribution in [0, 0.1) is 5.82 Å². The summed E-state index contributed by atoms with van der Waals surface area (Å²) in [6.07, 6.45) is 2.95. The third-order valence-corrected chi connectivity index (χ3v) is 3.10. The number of phenols is 1. The van der Waals surface area contributed by atoms with Crippen molar-refractivity contribution in [1.29, 1.82) is 0 Å². The first-order valence-electron chi connectivity index (χ1n) is 6.81. The van der Waals surface area contributed by atoms with E-state index in [2.05, 4.69) is 17.2 Å². The maximum atomic E-state index is 13.0. The molecule has 1 unspecified atom stereocenters. The number of benzene rings is 1. The van der Waals surface area contributed by atoms with Gasteiger partial charge in [-0.05, 0) is 49.2 Å². The molecule has 0 radical (unpaired) electrons. The molecule has 0 saturated carbocycles.